The lowest BCUT2D eigenvalue weighted by Gasteiger charge is -2.14. The second kappa shape index (κ2) is 7.19. The van der Waals surface area contributed by atoms with Crippen molar-refractivity contribution >= 4 is 27.7 Å². The minimum atomic E-state index is -0.209. The second-order valence-electron chi connectivity index (χ2n) is 4.72. The Labute approximate surface area is 132 Å². The number of hydrazine groups is 1. The molecular formula is C15H17BrN4O. The van der Waals surface area contributed by atoms with E-state index in [2.05, 4.69) is 38.6 Å². The maximum Gasteiger partial charge on any atom is 0.255 e. The van der Waals surface area contributed by atoms with E-state index in [0.717, 1.165) is 4.47 Å². The summed E-state index contributed by atoms with van der Waals surface area (Å²) in [6.45, 7) is 2.61. The Kier molecular flexibility index (Phi) is 5.30. The van der Waals surface area contributed by atoms with Crippen LogP contribution in [-0.2, 0) is 0 Å². The lowest BCUT2D eigenvalue weighted by Crippen LogP contribution is -2.29. The summed E-state index contributed by atoms with van der Waals surface area (Å²) in [6, 6.07) is 11.7. The number of nitrogen functional groups attached to an aromatic ring is 1. The summed E-state index contributed by atoms with van der Waals surface area (Å²) < 4.78 is 0.725. The Morgan fingerprint density at radius 2 is 2.10 bits per heavy atom. The highest BCUT2D eigenvalue weighted by atomic mass is 79.9. The standard InChI is InChI=1S/C15H17BrN4O/c1-10(11-5-3-2-4-6-11)8-19-15(21)13-7-12(16)9-18-14(13)20-17/h2-7,9-10H,8,17H2,1H3,(H,18,20)(H,19,21). The largest absolute Gasteiger partial charge is 0.351 e. The smallest absolute Gasteiger partial charge is 0.255 e. The van der Waals surface area contributed by atoms with Gasteiger partial charge < -0.3 is 10.7 Å². The molecule has 0 radical (unpaired) electrons. The van der Waals surface area contributed by atoms with Crippen molar-refractivity contribution in [3.05, 3.63) is 58.2 Å². The van der Waals surface area contributed by atoms with E-state index < -0.39 is 0 Å². The monoisotopic (exact) mass is 348 g/mol. The summed E-state index contributed by atoms with van der Waals surface area (Å²) in [6.07, 6.45) is 1.58. The van der Waals surface area contributed by atoms with E-state index >= 15 is 0 Å². The number of amides is 1. The SMILES string of the molecule is CC(CNC(=O)c1cc(Br)cnc1NN)c1ccccc1. The van der Waals surface area contributed by atoms with E-state index in [1.165, 1.54) is 5.56 Å². The number of rotatable bonds is 5. The highest BCUT2D eigenvalue weighted by Gasteiger charge is 2.14. The van der Waals surface area contributed by atoms with Crippen LogP contribution in [0.3, 0.4) is 0 Å². The number of anilines is 1. The normalized spacial score (nSPS) is 11.8. The van der Waals surface area contributed by atoms with Crippen LogP contribution in [0.25, 0.3) is 0 Å². The van der Waals surface area contributed by atoms with Crippen molar-refractivity contribution in [3.63, 3.8) is 0 Å². The molecule has 0 fully saturated rings. The molecule has 0 saturated carbocycles. The number of hydrogen-bond acceptors (Lipinski definition) is 4. The van der Waals surface area contributed by atoms with Gasteiger partial charge in [-0.15, -0.1) is 0 Å². The van der Waals surface area contributed by atoms with Crippen LogP contribution in [0, 0.1) is 0 Å². The molecule has 0 saturated heterocycles. The quantitative estimate of drug-likeness (QED) is 0.573. The van der Waals surface area contributed by atoms with Crippen LogP contribution < -0.4 is 16.6 Å². The van der Waals surface area contributed by atoms with E-state index in [9.17, 15) is 4.79 Å². The summed E-state index contributed by atoms with van der Waals surface area (Å²) >= 11 is 3.30. The summed E-state index contributed by atoms with van der Waals surface area (Å²) in [5.41, 5.74) is 4.02. The Balaban J connectivity index is 2.04. The molecule has 2 aromatic rings. The third kappa shape index (κ3) is 4.03. The summed E-state index contributed by atoms with van der Waals surface area (Å²) in [4.78, 5) is 16.3. The Morgan fingerprint density at radius 1 is 1.38 bits per heavy atom. The molecule has 4 N–H and O–H groups in total. The molecule has 1 heterocycles. The molecule has 1 amide bonds. The number of benzene rings is 1. The van der Waals surface area contributed by atoms with Gasteiger partial charge in [-0.05, 0) is 33.5 Å². The average molecular weight is 349 g/mol. The van der Waals surface area contributed by atoms with Gasteiger partial charge in [0, 0.05) is 17.2 Å². The molecule has 6 heteroatoms. The fourth-order valence-corrected chi connectivity index (χ4v) is 2.30. The highest BCUT2D eigenvalue weighted by Crippen LogP contribution is 2.18. The van der Waals surface area contributed by atoms with Gasteiger partial charge in [-0.25, -0.2) is 10.8 Å². The summed E-state index contributed by atoms with van der Waals surface area (Å²) in [7, 11) is 0. The van der Waals surface area contributed by atoms with Crippen LogP contribution in [0.5, 0.6) is 0 Å². The molecule has 1 aromatic carbocycles. The molecule has 21 heavy (non-hydrogen) atoms. The van der Waals surface area contributed by atoms with Crippen LogP contribution in [0.15, 0.2) is 47.1 Å². The topological polar surface area (TPSA) is 80.0 Å². The lowest BCUT2D eigenvalue weighted by atomic mass is 10.0. The van der Waals surface area contributed by atoms with Crippen molar-refractivity contribution in [1.82, 2.24) is 10.3 Å². The van der Waals surface area contributed by atoms with Crippen molar-refractivity contribution < 1.29 is 4.79 Å². The van der Waals surface area contributed by atoms with E-state index in [4.69, 9.17) is 5.84 Å². The third-order valence-electron chi connectivity index (χ3n) is 3.17. The molecule has 0 aliphatic carbocycles. The van der Waals surface area contributed by atoms with Gasteiger partial charge in [0.2, 0.25) is 0 Å². The molecule has 1 aromatic heterocycles. The van der Waals surface area contributed by atoms with Crippen molar-refractivity contribution in [2.45, 2.75) is 12.8 Å². The lowest BCUT2D eigenvalue weighted by molar-refractivity contribution is 0.0952. The van der Waals surface area contributed by atoms with Gasteiger partial charge in [-0.2, -0.15) is 0 Å². The molecule has 0 aliphatic rings. The Morgan fingerprint density at radius 3 is 2.76 bits per heavy atom. The Hall–Kier alpha value is -1.92. The summed E-state index contributed by atoms with van der Waals surface area (Å²) in [5.74, 6) is 5.75. The number of carbonyl (C=O) groups is 1. The molecule has 1 atom stereocenters. The zero-order chi connectivity index (χ0) is 15.2. The molecule has 5 nitrogen and oxygen atoms in total. The first-order chi connectivity index (χ1) is 10.1. The maximum atomic E-state index is 12.2. The van der Waals surface area contributed by atoms with Crippen LogP contribution in [-0.4, -0.2) is 17.4 Å². The van der Waals surface area contributed by atoms with Crippen LogP contribution in [0.2, 0.25) is 0 Å². The number of aromatic nitrogens is 1. The molecule has 0 bridgehead atoms. The highest BCUT2D eigenvalue weighted by molar-refractivity contribution is 9.10. The van der Waals surface area contributed by atoms with E-state index in [1.54, 1.807) is 12.3 Å². The Bertz CT molecular complexity index is 618. The van der Waals surface area contributed by atoms with Gasteiger partial charge in [-0.1, -0.05) is 37.3 Å². The van der Waals surface area contributed by atoms with Crippen LogP contribution in [0.4, 0.5) is 5.82 Å². The van der Waals surface area contributed by atoms with Crippen molar-refractivity contribution in [2.75, 3.05) is 12.0 Å². The number of pyridine rings is 1. The fourth-order valence-electron chi connectivity index (χ4n) is 1.97. The number of nitrogens with one attached hydrogen (secondary N) is 2. The van der Waals surface area contributed by atoms with Gasteiger partial charge in [-0.3, -0.25) is 4.79 Å². The summed E-state index contributed by atoms with van der Waals surface area (Å²) in [5, 5.41) is 2.90. The first-order valence-corrected chi connectivity index (χ1v) is 7.36. The van der Waals surface area contributed by atoms with E-state index in [0.29, 0.717) is 17.9 Å². The second-order valence-corrected chi connectivity index (χ2v) is 5.63. The molecular weight excluding hydrogens is 332 g/mol. The van der Waals surface area contributed by atoms with Crippen LogP contribution in [0.1, 0.15) is 28.8 Å². The first-order valence-electron chi connectivity index (χ1n) is 6.57. The van der Waals surface area contributed by atoms with E-state index in [-0.39, 0.29) is 11.8 Å². The van der Waals surface area contributed by atoms with Gasteiger partial charge in [0.05, 0.1) is 5.56 Å². The van der Waals surface area contributed by atoms with Gasteiger partial charge in [0.25, 0.3) is 5.91 Å². The predicted octanol–water partition coefficient (Wildman–Crippen LogP) is 2.66. The third-order valence-corrected chi connectivity index (χ3v) is 3.61. The van der Waals surface area contributed by atoms with E-state index in [1.807, 2.05) is 30.3 Å². The van der Waals surface area contributed by atoms with Gasteiger partial charge in [0.15, 0.2) is 5.82 Å². The molecule has 110 valence electrons. The minimum Gasteiger partial charge on any atom is -0.351 e. The zero-order valence-corrected chi connectivity index (χ0v) is 13.2. The minimum absolute atomic E-state index is 0.209. The number of halogens is 1. The molecule has 1 unspecified atom stereocenters. The van der Waals surface area contributed by atoms with Crippen LogP contribution >= 0.6 is 15.9 Å². The fraction of sp³-hybridized carbons (Fsp3) is 0.200. The molecule has 2 rings (SSSR count). The number of carbonyl (C=O) groups excluding carboxylic acids is 1. The number of nitrogens with zero attached hydrogens (tertiary/aromatic N) is 1. The van der Waals surface area contributed by atoms with Crippen molar-refractivity contribution in [1.29, 1.82) is 0 Å². The number of hydrogen-bond donors (Lipinski definition) is 3. The van der Waals surface area contributed by atoms with Gasteiger partial charge in [0.1, 0.15) is 0 Å². The van der Waals surface area contributed by atoms with Crippen molar-refractivity contribution in [3.8, 4) is 0 Å². The number of nitrogens with two attached hydrogens (primary N) is 1. The molecule has 0 spiro atoms. The zero-order valence-electron chi connectivity index (χ0n) is 11.6. The maximum absolute atomic E-state index is 12.2. The van der Waals surface area contributed by atoms with Gasteiger partial charge >= 0.3 is 0 Å². The average Bonchev–Trinajstić information content (AvgIpc) is 2.53. The first kappa shape index (κ1) is 15.5. The molecule has 0 aliphatic heterocycles. The predicted molar refractivity (Wildman–Crippen MR) is 86.9 cm³/mol. The van der Waals surface area contributed by atoms with Crippen molar-refractivity contribution in [2.24, 2.45) is 5.84 Å².